The molecule has 38 heteroatoms. The molecule has 3 N–H and O–H groups in total. The maximum absolute atomic E-state index is 11.2. The van der Waals surface area contributed by atoms with Gasteiger partial charge in [0.2, 0.25) is 0 Å². The van der Waals surface area contributed by atoms with Crippen molar-refractivity contribution >= 4 is 41.8 Å². The Bertz CT molecular complexity index is 2620. The highest BCUT2D eigenvalue weighted by Gasteiger charge is 2.13. The lowest BCUT2D eigenvalue weighted by Crippen LogP contribution is -2.26. The fourth-order valence-corrected chi connectivity index (χ4v) is 8.25. The van der Waals surface area contributed by atoms with E-state index < -0.39 is 30.0 Å². The molecule has 0 bridgehead atoms. The van der Waals surface area contributed by atoms with Crippen LogP contribution in [0, 0.1) is 5.92 Å². The van der Waals surface area contributed by atoms with Crippen LogP contribution < -0.4 is 0 Å². The van der Waals surface area contributed by atoms with E-state index in [4.69, 9.17) is 138 Å². The first-order valence-electron chi connectivity index (χ1n) is 44.4. The number of esters is 7. The number of rotatable bonds is 89. The van der Waals surface area contributed by atoms with Crippen LogP contribution in [0.5, 0.6) is 0 Å². The van der Waals surface area contributed by atoms with Gasteiger partial charge in [0, 0.05) is 47.1 Å². The first-order chi connectivity index (χ1) is 62.7. The molecular formula is C92H168O38. The first-order valence-corrected chi connectivity index (χ1v) is 44.4. The molecular weight excluding hydrogens is 1710 g/mol. The largest absolute Gasteiger partial charge is 0.462 e. The number of hydrogen-bond acceptors (Lipinski definition) is 38. The highest BCUT2D eigenvalue weighted by molar-refractivity contribution is 5.88. The summed E-state index contributed by atoms with van der Waals surface area (Å²) in [5, 5.41) is 25.9. The average Bonchev–Trinajstić information content (AvgIpc) is 1.01. The molecule has 4 atom stereocenters. The SMILES string of the molecule is C=C(C)C(=O)OCCCCOC(=O)C(=C)C.C=C(C)C(=O)OCCO.C=C(C)C(=O)OCCOCCOCCOCCOCCOCCOCC(C)OCC(C)OCC(C)O.C=C(C)C(=O)OCCOCCOCCOCCOCCOCCOCCOCCOC.C=CC(=O)OCC(CCC)CCCCC.C=CC(=O)OCCOCCOCCOCCOCCOCCO. The molecule has 0 aromatic rings. The molecule has 38 nitrogen and oxygen atoms in total. The van der Waals surface area contributed by atoms with Gasteiger partial charge in [-0.2, -0.15) is 0 Å². The van der Waals surface area contributed by atoms with E-state index in [9.17, 15) is 38.7 Å². The molecule has 0 aliphatic heterocycles. The van der Waals surface area contributed by atoms with Crippen LogP contribution in [0.15, 0.2) is 86.1 Å². The maximum Gasteiger partial charge on any atom is 0.333 e. The van der Waals surface area contributed by atoms with Gasteiger partial charge in [0.05, 0.1) is 309 Å². The molecule has 0 aliphatic rings. The van der Waals surface area contributed by atoms with E-state index in [-0.39, 0.29) is 69.8 Å². The lowest BCUT2D eigenvalue weighted by atomic mass is 9.97. The minimum absolute atomic E-state index is 0.0247. The average molecular weight is 1880 g/mol. The Balaban J connectivity index is -0.000000372. The summed E-state index contributed by atoms with van der Waals surface area (Å²) in [5.74, 6) is -2.28. The second-order valence-electron chi connectivity index (χ2n) is 27.7. The molecule has 0 amide bonds. The van der Waals surface area contributed by atoms with Crippen molar-refractivity contribution in [2.24, 2.45) is 5.92 Å². The van der Waals surface area contributed by atoms with E-state index in [1.807, 2.05) is 13.8 Å². The number of hydrogen-bond donors (Lipinski definition) is 3. The molecule has 0 aromatic carbocycles. The van der Waals surface area contributed by atoms with Crippen LogP contribution in [0.1, 0.15) is 121 Å². The Morgan fingerprint density at radius 3 is 0.785 bits per heavy atom. The van der Waals surface area contributed by atoms with Crippen LogP contribution in [-0.4, -0.2) is 400 Å². The Hall–Kier alpha value is -6.49. The normalized spacial score (nSPS) is 11.5. The van der Waals surface area contributed by atoms with Crippen LogP contribution in [0.3, 0.4) is 0 Å². The fourth-order valence-electron chi connectivity index (χ4n) is 8.25. The molecule has 4 unspecified atom stereocenters. The number of carbonyl (C=O) groups is 7. The quantitative estimate of drug-likeness (QED) is 0.0225. The van der Waals surface area contributed by atoms with Gasteiger partial charge in [0.15, 0.2) is 0 Å². The molecule has 0 heterocycles. The number of carbonyl (C=O) groups excluding carboxylic acids is 7. The van der Waals surface area contributed by atoms with Crippen LogP contribution >= 0.6 is 0 Å². The molecule has 764 valence electrons. The number of unbranched alkanes of at least 4 members (excludes halogenated alkanes) is 3. The van der Waals surface area contributed by atoms with Crippen LogP contribution in [-0.2, 0) is 166 Å². The second-order valence-corrected chi connectivity index (χ2v) is 27.7. The van der Waals surface area contributed by atoms with Gasteiger partial charge in [-0.15, -0.1) is 0 Å². The summed E-state index contributed by atoms with van der Waals surface area (Å²) >= 11 is 0. The molecule has 0 aliphatic carbocycles. The summed E-state index contributed by atoms with van der Waals surface area (Å²) in [6.45, 7) is 61.8. The van der Waals surface area contributed by atoms with Gasteiger partial charge in [0.25, 0.3) is 0 Å². The van der Waals surface area contributed by atoms with Gasteiger partial charge < -0.3 is 148 Å². The highest BCUT2D eigenvalue weighted by atomic mass is 16.6. The van der Waals surface area contributed by atoms with E-state index in [1.54, 1.807) is 48.7 Å². The van der Waals surface area contributed by atoms with Gasteiger partial charge in [-0.3, -0.25) is 0 Å². The first kappa shape index (κ1) is 134. The van der Waals surface area contributed by atoms with E-state index in [0.717, 1.165) is 18.9 Å². The van der Waals surface area contributed by atoms with E-state index in [0.29, 0.717) is 324 Å². The third kappa shape index (κ3) is 120. The predicted octanol–water partition coefficient (Wildman–Crippen LogP) is 7.87. The lowest BCUT2D eigenvalue weighted by molar-refractivity contribution is -0.141. The number of ether oxygens (including phenoxy) is 28. The molecule has 0 aromatic heterocycles. The molecule has 130 heavy (non-hydrogen) atoms. The van der Waals surface area contributed by atoms with E-state index >= 15 is 0 Å². The molecule has 0 spiro atoms. The zero-order chi connectivity index (χ0) is 98.0. The highest BCUT2D eigenvalue weighted by Crippen LogP contribution is 2.16. The van der Waals surface area contributed by atoms with E-state index in [1.165, 1.54) is 31.8 Å². The van der Waals surface area contributed by atoms with Gasteiger partial charge in [0.1, 0.15) is 26.4 Å². The molecule has 0 saturated heterocycles. The zero-order valence-electron chi connectivity index (χ0n) is 80.6. The van der Waals surface area contributed by atoms with Crippen molar-refractivity contribution < 1.29 is 182 Å². The summed E-state index contributed by atoms with van der Waals surface area (Å²) in [7, 11) is 1.64. The molecule has 0 fully saturated rings. The van der Waals surface area contributed by atoms with Crippen molar-refractivity contribution in [2.45, 2.75) is 139 Å². The van der Waals surface area contributed by atoms with Crippen molar-refractivity contribution in [3.63, 3.8) is 0 Å². The third-order valence-corrected chi connectivity index (χ3v) is 15.0. The molecule has 0 rings (SSSR count). The Morgan fingerprint density at radius 1 is 0.269 bits per heavy atom. The number of aliphatic hydroxyl groups excluding tert-OH is 3. The fraction of sp³-hybridized carbons (Fsp3) is 0.772. The summed E-state index contributed by atoms with van der Waals surface area (Å²) < 4.78 is 146. The van der Waals surface area contributed by atoms with E-state index in [2.05, 4.69) is 64.6 Å². The second kappa shape index (κ2) is 111. The summed E-state index contributed by atoms with van der Waals surface area (Å²) in [6, 6.07) is 0. The van der Waals surface area contributed by atoms with Crippen LogP contribution in [0.2, 0.25) is 0 Å². The van der Waals surface area contributed by atoms with Crippen molar-refractivity contribution in [1.29, 1.82) is 0 Å². The molecule has 0 saturated carbocycles. The van der Waals surface area contributed by atoms with Crippen molar-refractivity contribution in [1.82, 2.24) is 0 Å². The Labute approximate surface area is 775 Å². The minimum Gasteiger partial charge on any atom is -0.462 e. The topological polar surface area (TPSA) is 439 Å². The Morgan fingerprint density at radius 2 is 0.515 bits per heavy atom. The number of methoxy groups -OCH3 is 1. The molecule has 0 radical (unpaired) electrons. The predicted molar refractivity (Wildman–Crippen MR) is 486 cm³/mol. The maximum atomic E-state index is 11.2. The van der Waals surface area contributed by atoms with Crippen LogP contribution in [0.25, 0.3) is 0 Å². The van der Waals surface area contributed by atoms with Gasteiger partial charge in [-0.1, -0.05) is 85.6 Å². The van der Waals surface area contributed by atoms with Crippen molar-refractivity contribution in [3.8, 4) is 0 Å². The van der Waals surface area contributed by atoms with Gasteiger partial charge >= 0.3 is 41.8 Å². The van der Waals surface area contributed by atoms with Crippen molar-refractivity contribution in [3.05, 3.63) is 86.1 Å². The summed E-state index contributed by atoms with van der Waals surface area (Å²) in [6.07, 6.45) is 10.3. The van der Waals surface area contributed by atoms with Gasteiger partial charge in [-0.25, -0.2) is 33.6 Å². The van der Waals surface area contributed by atoms with Crippen molar-refractivity contribution in [2.75, 3.05) is 324 Å². The standard InChI is InChI=1S/C25H48O11.C21H40O10.C15H28O8.C13H24O2.C12H18O4.C6H10O3/c1-21(2)25(27)34-17-16-32-13-12-30-9-8-28-6-7-29-10-11-31-14-15-33-19-23(4)36-20-24(5)35-18-22(3)26;1-20(2)21(22)31-19-18-30-17-16-29-15-14-28-13-12-27-11-10-26-9-8-25-7-6-24-5-4-23-3;1-2-15(17)23-14-13-22-12-11-21-10-9-20-8-7-19-6-5-18-4-3-16;1-4-7-8-10-12(9-5-2)11-15-13(14)6-3;1-9(2)11(13)15-7-5-6-8-16-12(14)10(3)4;1-5(2)6(8)9-4-3-7/h22-24,26H,1,6-20H2,2-5H3;1,4-19H2,2-3H3;2,16H,1,3-14H2;6,12H,3-5,7-11H2,1-2H3;1,3,5-8H2,2,4H3;7H,1,3-4H2,2H3. The Kier molecular flexibility index (Phi) is 115. The zero-order valence-corrected chi connectivity index (χ0v) is 80.6. The summed E-state index contributed by atoms with van der Waals surface area (Å²) in [4.78, 5) is 76.3. The lowest BCUT2D eigenvalue weighted by Gasteiger charge is -2.18. The minimum atomic E-state index is -0.477. The van der Waals surface area contributed by atoms with Gasteiger partial charge in [-0.05, 0) is 87.0 Å². The third-order valence-electron chi connectivity index (χ3n) is 15.0. The monoisotopic (exact) mass is 1880 g/mol. The smallest absolute Gasteiger partial charge is 0.333 e. The summed E-state index contributed by atoms with van der Waals surface area (Å²) in [5.41, 5.74) is 1.86. The number of aliphatic hydroxyl groups is 3. The van der Waals surface area contributed by atoms with Crippen LogP contribution in [0.4, 0.5) is 0 Å².